The normalized spacial score (nSPS) is 14.7. The van der Waals surface area contributed by atoms with E-state index in [2.05, 4.69) is 52.2 Å². The maximum Gasteiger partial charge on any atom is 0.191 e. The van der Waals surface area contributed by atoms with Gasteiger partial charge < -0.3 is 4.90 Å². The summed E-state index contributed by atoms with van der Waals surface area (Å²) in [6.07, 6.45) is 7.65. The molecule has 4 aromatic rings. The van der Waals surface area contributed by atoms with Gasteiger partial charge in [-0.3, -0.25) is 8.71 Å². The minimum absolute atomic E-state index is 0.237. The second kappa shape index (κ2) is 11.5. The van der Waals surface area contributed by atoms with Crippen molar-refractivity contribution in [3.8, 4) is 11.3 Å². The van der Waals surface area contributed by atoms with Crippen LogP contribution in [0.25, 0.3) is 16.9 Å². The van der Waals surface area contributed by atoms with Gasteiger partial charge in [0.15, 0.2) is 5.13 Å². The van der Waals surface area contributed by atoms with Crippen molar-refractivity contribution in [2.45, 2.75) is 46.0 Å². The Morgan fingerprint density at radius 1 is 1.09 bits per heavy atom. The molecule has 1 aliphatic heterocycles. The van der Waals surface area contributed by atoms with Crippen LogP contribution in [0, 0.1) is 5.82 Å². The van der Waals surface area contributed by atoms with Gasteiger partial charge >= 0.3 is 0 Å². The van der Waals surface area contributed by atoms with E-state index in [-0.39, 0.29) is 5.82 Å². The van der Waals surface area contributed by atoms with E-state index < -0.39 is 0 Å². The number of rotatable bonds is 6. The van der Waals surface area contributed by atoms with E-state index in [0.717, 1.165) is 53.1 Å². The summed E-state index contributed by atoms with van der Waals surface area (Å²) >= 11 is 3.43. The van der Waals surface area contributed by atoms with Gasteiger partial charge in [0.2, 0.25) is 0 Å². The molecule has 3 aromatic heterocycles. The number of thiazole rings is 1. The van der Waals surface area contributed by atoms with Crippen molar-refractivity contribution in [3.63, 3.8) is 0 Å². The summed E-state index contributed by atoms with van der Waals surface area (Å²) in [6.45, 7) is 8.40. The van der Waals surface area contributed by atoms with Crippen LogP contribution in [0.3, 0.4) is 0 Å². The van der Waals surface area contributed by atoms with Crippen molar-refractivity contribution in [2.75, 3.05) is 31.3 Å². The van der Waals surface area contributed by atoms with Crippen LogP contribution in [0.1, 0.15) is 50.8 Å². The number of nitrogens with zero attached hydrogens (tertiary/aromatic N) is 5. The molecule has 0 spiro atoms. The monoisotopic (exact) mass is 511 g/mol. The fourth-order valence-corrected chi connectivity index (χ4v) is 5.94. The molecule has 186 valence electrons. The van der Waals surface area contributed by atoms with Gasteiger partial charge in [-0.15, -0.1) is 11.3 Å². The number of hydrogen-bond acceptors (Lipinski definition) is 6. The molecule has 5 rings (SSSR count). The number of pyridine rings is 1. The Balaban J connectivity index is 0.00000141. The highest BCUT2D eigenvalue weighted by Crippen LogP contribution is 2.35. The van der Waals surface area contributed by atoms with Gasteiger partial charge in [-0.25, -0.2) is 14.4 Å². The molecule has 1 aliphatic rings. The molecule has 1 saturated heterocycles. The number of imidazole rings is 1. The summed E-state index contributed by atoms with van der Waals surface area (Å²) in [6, 6.07) is 10.9. The van der Waals surface area contributed by atoms with Crippen molar-refractivity contribution in [1.82, 2.24) is 18.7 Å². The summed E-state index contributed by atoms with van der Waals surface area (Å²) in [4.78, 5) is 11.9. The van der Waals surface area contributed by atoms with Crippen LogP contribution in [0.2, 0.25) is 0 Å². The van der Waals surface area contributed by atoms with Crippen molar-refractivity contribution < 1.29 is 4.39 Å². The maximum atomic E-state index is 13.3. The second-order valence-corrected chi connectivity index (χ2v) is 10.1. The average Bonchev–Trinajstić information content (AvgIpc) is 3.55. The molecule has 0 amide bonds. The lowest BCUT2D eigenvalue weighted by Crippen LogP contribution is -2.27. The molecule has 1 fully saturated rings. The summed E-state index contributed by atoms with van der Waals surface area (Å²) in [5, 5.41) is 2.92. The fourth-order valence-electron chi connectivity index (χ4n) is 4.57. The van der Waals surface area contributed by atoms with Crippen molar-refractivity contribution in [1.29, 1.82) is 0 Å². The van der Waals surface area contributed by atoms with E-state index in [0.29, 0.717) is 5.92 Å². The molecule has 1 aromatic carbocycles. The van der Waals surface area contributed by atoms with Gasteiger partial charge in [0, 0.05) is 37.3 Å². The van der Waals surface area contributed by atoms with Crippen LogP contribution in [-0.4, -0.2) is 45.1 Å². The predicted molar refractivity (Wildman–Crippen MR) is 149 cm³/mol. The molecule has 0 N–H and O–H groups in total. The Bertz CT molecular complexity index is 1240. The smallest absolute Gasteiger partial charge is 0.191 e. The number of hydrogen-bond donors (Lipinski definition) is 0. The third-order valence-electron chi connectivity index (χ3n) is 6.44. The van der Waals surface area contributed by atoms with Gasteiger partial charge in [0.25, 0.3) is 0 Å². The largest absolute Gasteiger partial charge is 0.305 e. The first-order valence-electron chi connectivity index (χ1n) is 12.3. The summed E-state index contributed by atoms with van der Waals surface area (Å²) < 4.78 is 18.0. The highest BCUT2D eigenvalue weighted by Gasteiger charge is 2.23. The number of aryl methyl sites for hydroxylation is 1. The average molecular weight is 512 g/mol. The van der Waals surface area contributed by atoms with Crippen LogP contribution in [0.4, 0.5) is 15.3 Å². The number of halogens is 1. The maximum absolute atomic E-state index is 13.3. The summed E-state index contributed by atoms with van der Waals surface area (Å²) in [5.41, 5.74) is 5.18. The van der Waals surface area contributed by atoms with Crippen LogP contribution < -0.4 is 4.90 Å². The molecule has 0 unspecified atom stereocenters. The first kappa shape index (κ1) is 25.7. The van der Waals surface area contributed by atoms with E-state index in [1.165, 1.54) is 30.5 Å². The van der Waals surface area contributed by atoms with Crippen molar-refractivity contribution in [3.05, 3.63) is 65.0 Å². The van der Waals surface area contributed by atoms with Crippen molar-refractivity contribution in [2.24, 2.45) is 0 Å². The summed E-state index contributed by atoms with van der Waals surface area (Å²) in [7, 11) is 2.06. The van der Waals surface area contributed by atoms with E-state index in [1.807, 2.05) is 31.2 Å². The minimum atomic E-state index is -0.237. The lowest BCUT2D eigenvalue weighted by Gasteiger charge is -2.30. The zero-order chi connectivity index (χ0) is 24.9. The van der Waals surface area contributed by atoms with Crippen molar-refractivity contribution >= 4 is 39.9 Å². The summed E-state index contributed by atoms with van der Waals surface area (Å²) in [5.74, 6) is 1.41. The van der Waals surface area contributed by atoms with Crippen LogP contribution in [0.15, 0.2) is 48.0 Å². The molecule has 8 heteroatoms. The molecule has 0 atom stereocenters. The lowest BCUT2D eigenvalue weighted by atomic mass is 9.91. The molecular formula is C27H34FN5S2. The molecule has 5 nitrogen and oxygen atoms in total. The quantitative estimate of drug-likeness (QED) is 0.252. The fraction of sp³-hybridized carbons (Fsp3) is 0.407. The third kappa shape index (κ3) is 5.39. The van der Waals surface area contributed by atoms with Gasteiger partial charge in [-0.2, -0.15) is 0 Å². The highest BCUT2D eigenvalue weighted by atomic mass is 32.2. The SMILES string of the molecule is CC.CCc1nc2ccc(C3CCN(SC)CC3)cn2c1N(C)c1nc(-c2ccc(F)cc2)cs1. The standard InChI is InChI=1S/C25H28FN5S2.C2H6/c1-4-21-24(29(2)25-28-22(16-33-25)18-5-8-20(26)9-6-18)31-15-19(7-10-23(31)27-21)17-11-13-30(32-3)14-12-17;1-2/h5-10,15-17H,4,11-14H2,1-3H3;1-2H3. The van der Waals surface area contributed by atoms with Crippen LogP contribution >= 0.6 is 23.3 Å². The van der Waals surface area contributed by atoms with E-state index in [1.54, 1.807) is 23.5 Å². The molecule has 0 radical (unpaired) electrons. The molecule has 4 heterocycles. The molecule has 0 bridgehead atoms. The van der Waals surface area contributed by atoms with Gasteiger partial charge in [0.05, 0.1) is 11.4 Å². The lowest BCUT2D eigenvalue weighted by molar-refractivity contribution is 0.346. The first-order chi connectivity index (χ1) is 17.1. The Hall–Kier alpha value is -2.42. The topological polar surface area (TPSA) is 36.7 Å². The highest BCUT2D eigenvalue weighted by molar-refractivity contribution is 7.96. The Morgan fingerprint density at radius 3 is 2.46 bits per heavy atom. The van der Waals surface area contributed by atoms with Crippen LogP contribution in [0.5, 0.6) is 0 Å². The molecular weight excluding hydrogens is 477 g/mol. The number of fused-ring (bicyclic) bond motifs is 1. The number of piperidine rings is 1. The zero-order valence-electron chi connectivity index (χ0n) is 21.2. The number of aromatic nitrogens is 3. The van der Waals surface area contributed by atoms with E-state index >= 15 is 0 Å². The number of benzene rings is 1. The zero-order valence-corrected chi connectivity index (χ0v) is 22.8. The van der Waals surface area contributed by atoms with E-state index in [4.69, 9.17) is 9.97 Å². The number of anilines is 2. The van der Waals surface area contributed by atoms with E-state index in [9.17, 15) is 4.39 Å². The second-order valence-electron chi connectivity index (χ2n) is 8.39. The van der Waals surface area contributed by atoms with Gasteiger partial charge in [0.1, 0.15) is 17.3 Å². The Morgan fingerprint density at radius 2 is 1.80 bits per heavy atom. The Labute approximate surface area is 216 Å². The molecule has 0 saturated carbocycles. The first-order valence-corrected chi connectivity index (χ1v) is 14.4. The molecule has 35 heavy (non-hydrogen) atoms. The predicted octanol–water partition coefficient (Wildman–Crippen LogP) is 7.41. The van der Waals surface area contributed by atoms with Gasteiger partial charge in [-0.1, -0.05) is 38.8 Å². The van der Waals surface area contributed by atoms with Gasteiger partial charge in [-0.05, 0) is 67.3 Å². The Kier molecular flexibility index (Phi) is 8.46. The molecule has 0 aliphatic carbocycles. The third-order valence-corrected chi connectivity index (χ3v) is 8.24. The minimum Gasteiger partial charge on any atom is -0.305 e. The van der Waals surface area contributed by atoms with Crippen LogP contribution in [-0.2, 0) is 6.42 Å².